The molecule has 0 aliphatic heterocycles. The fourth-order valence-electron chi connectivity index (χ4n) is 3.42. The summed E-state index contributed by atoms with van der Waals surface area (Å²) in [4.78, 5) is 0. The van der Waals surface area contributed by atoms with Gasteiger partial charge in [0.25, 0.3) is 0 Å². The summed E-state index contributed by atoms with van der Waals surface area (Å²) in [5, 5.41) is 0. The molecule has 0 spiro atoms. The predicted octanol–water partition coefficient (Wildman–Crippen LogP) is 4.05. The molecule has 2 aliphatic rings. The third kappa shape index (κ3) is 3.74. The van der Waals surface area contributed by atoms with E-state index in [2.05, 4.69) is 0 Å². The van der Waals surface area contributed by atoms with E-state index in [0.29, 0.717) is 6.04 Å². The quantitative estimate of drug-likeness (QED) is 0.809. The molecule has 2 rings (SSSR count). The van der Waals surface area contributed by atoms with E-state index >= 15 is 0 Å². The van der Waals surface area contributed by atoms with Crippen molar-refractivity contribution in [3.05, 3.63) is 0 Å². The molecule has 2 aliphatic carbocycles. The summed E-state index contributed by atoms with van der Waals surface area (Å²) in [5.74, 6) is 1.73. The van der Waals surface area contributed by atoms with Gasteiger partial charge in [0.05, 0.1) is 0 Å². The van der Waals surface area contributed by atoms with Crippen LogP contribution >= 0.6 is 17.0 Å². The summed E-state index contributed by atoms with van der Waals surface area (Å²) in [7, 11) is 0. The van der Waals surface area contributed by atoms with Gasteiger partial charge in [-0.05, 0) is 37.5 Å². The second-order valence-electron chi connectivity index (χ2n) is 5.37. The van der Waals surface area contributed by atoms with Crippen LogP contribution in [0.5, 0.6) is 0 Å². The minimum Gasteiger partial charge on any atom is -0.327 e. The Morgan fingerprint density at radius 1 is 0.667 bits per heavy atom. The first-order chi connectivity index (χ1) is 6.88. The predicted molar refractivity (Wildman–Crippen MR) is 71.4 cm³/mol. The first kappa shape index (κ1) is 13.5. The lowest BCUT2D eigenvalue weighted by atomic mass is 9.74. The summed E-state index contributed by atoms with van der Waals surface area (Å²) >= 11 is 0. The van der Waals surface area contributed by atoms with Crippen molar-refractivity contribution in [3.63, 3.8) is 0 Å². The molecule has 0 amide bonds. The van der Waals surface area contributed by atoms with Crippen molar-refractivity contribution in [2.75, 3.05) is 0 Å². The highest BCUT2D eigenvalue weighted by Gasteiger charge is 2.28. The molecule has 0 aromatic rings. The third-order valence-electron chi connectivity index (χ3n) is 4.39. The number of hydrogen-bond acceptors (Lipinski definition) is 1. The summed E-state index contributed by atoms with van der Waals surface area (Å²) in [5.41, 5.74) is 6.42. The Morgan fingerprint density at radius 3 is 1.33 bits per heavy atom. The van der Waals surface area contributed by atoms with Gasteiger partial charge in [-0.25, -0.2) is 0 Å². The molecule has 0 unspecified atom stereocenters. The van der Waals surface area contributed by atoms with Gasteiger partial charge in [-0.15, -0.1) is 17.0 Å². The average Bonchev–Trinajstić information content (AvgIpc) is 2.30. The minimum absolute atomic E-state index is 0. The SMILES string of the molecule is Br.NC(C1CCCCC1)C1CCCCC1. The van der Waals surface area contributed by atoms with Gasteiger partial charge in [-0.3, -0.25) is 0 Å². The maximum atomic E-state index is 6.42. The van der Waals surface area contributed by atoms with E-state index in [0.717, 1.165) is 11.8 Å². The summed E-state index contributed by atoms with van der Waals surface area (Å²) in [6, 6.07) is 0.538. The molecule has 1 nitrogen and oxygen atoms in total. The Balaban J connectivity index is 0.00000112. The fraction of sp³-hybridized carbons (Fsp3) is 1.00. The van der Waals surface area contributed by atoms with E-state index in [1.54, 1.807) is 0 Å². The largest absolute Gasteiger partial charge is 0.327 e. The second kappa shape index (κ2) is 6.90. The van der Waals surface area contributed by atoms with Crippen molar-refractivity contribution in [2.24, 2.45) is 17.6 Å². The standard InChI is InChI=1S/C13H25N.BrH/c14-13(11-7-3-1-4-8-11)12-9-5-2-6-10-12;/h11-13H,1-10,14H2;1H. The molecule has 90 valence electrons. The Bertz CT molecular complexity index is 142. The van der Waals surface area contributed by atoms with Crippen LogP contribution in [0.25, 0.3) is 0 Å². The van der Waals surface area contributed by atoms with Crippen molar-refractivity contribution < 1.29 is 0 Å². The van der Waals surface area contributed by atoms with Gasteiger partial charge in [0.15, 0.2) is 0 Å². The van der Waals surface area contributed by atoms with Crippen LogP contribution in [-0.4, -0.2) is 6.04 Å². The summed E-state index contributed by atoms with van der Waals surface area (Å²) in [6.07, 6.45) is 14.3. The van der Waals surface area contributed by atoms with Crippen molar-refractivity contribution in [1.82, 2.24) is 0 Å². The van der Waals surface area contributed by atoms with E-state index in [4.69, 9.17) is 5.73 Å². The molecule has 2 heteroatoms. The van der Waals surface area contributed by atoms with Gasteiger partial charge in [-0.2, -0.15) is 0 Å². The molecule has 0 aromatic carbocycles. The van der Waals surface area contributed by atoms with Crippen LogP contribution in [0.4, 0.5) is 0 Å². The molecule has 0 heterocycles. The molecule has 0 saturated heterocycles. The average molecular weight is 276 g/mol. The maximum Gasteiger partial charge on any atom is 0.00956 e. The van der Waals surface area contributed by atoms with E-state index in [1.165, 1.54) is 64.2 Å². The first-order valence-electron chi connectivity index (χ1n) is 6.63. The van der Waals surface area contributed by atoms with Crippen LogP contribution in [0, 0.1) is 11.8 Å². The van der Waals surface area contributed by atoms with Crippen molar-refractivity contribution in [3.8, 4) is 0 Å². The Kier molecular flexibility index (Phi) is 6.21. The number of nitrogens with two attached hydrogens (primary N) is 1. The Hall–Kier alpha value is 0.440. The van der Waals surface area contributed by atoms with Gasteiger partial charge >= 0.3 is 0 Å². The monoisotopic (exact) mass is 275 g/mol. The highest BCUT2D eigenvalue weighted by atomic mass is 79.9. The Morgan fingerprint density at radius 2 is 1.00 bits per heavy atom. The second-order valence-corrected chi connectivity index (χ2v) is 5.37. The third-order valence-corrected chi connectivity index (χ3v) is 4.39. The van der Waals surface area contributed by atoms with E-state index < -0.39 is 0 Å². The molecule has 0 atom stereocenters. The van der Waals surface area contributed by atoms with Crippen LogP contribution in [0.15, 0.2) is 0 Å². The lowest BCUT2D eigenvalue weighted by Crippen LogP contribution is -2.39. The lowest BCUT2D eigenvalue weighted by Gasteiger charge is -2.35. The number of rotatable bonds is 2. The molecule has 0 aromatic heterocycles. The van der Waals surface area contributed by atoms with Crippen LogP contribution < -0.4 is 5.73 Å². The highest BCUT2D eigenvalue weighted by molar-refractivity contribution is 8.93. The normalized spacial score (nSPS) is 25.2. The Labute approximate surface area is 105 Å². The van der Waals surface area contributed by atoms with Gasteiger partial charge in [0, 0.05) is 6.04 Å². The van der Waals surface area contributed by atoms with Crippen LogP contribution in [0.2, 0.25) is 0 Å². The van der Waals surface area contributed by atoms with Crippen LogP contribution in [-0.2, 0) is 0 Å². The number of hydrogen-bond donors (Lipinski definition) is 1. The van der Waals surface area contributed by atoms with Crippen molar-refractivity contribution >= 4 is 17.0 Å². The highest BCUT2D eigenvalue weighted by Crippen LogP contribution is 2.34. The van der Waals surface area contributed by atoms with E-state index in [9.17, 15) is 0 Å². The number of halogens is 1. The fourth-order valence-corrected chi connectivity index (χ4v) is 3.42. The van der Waals surface area contributed by atoms with Gasteiger partial charge in [0.2, 0.25) is 0 Å². The van der Waals surface area contributed by atoms with Gasteiger partial charge < -0.3 is 5.73 Å². The lowest BCUT2D eigenvalue weighted by molar-refractivity contribution is 0.205. The molecule has 15 heavy (non-hydrogen) atoms. The summed E-state index contributed by atoms with van der Waals surface area (Å²) < 4.78 is 0. The molecule has 2 saturated carbocycles. The maximum absolute atomic E-state index is 6.42. The smallest absolute Gasteiger partial charge is 0.00956 e. The zero-order valence-corrected chi connectivity index (χ0v) is 11.5. The molecule has 2 N–H and O–H groups in total. The molecule has 2 fully saturated rings. The molecule has 0 radical (unpaired) electrons. The molecule has 0 bridgehead atoms. The van der Waals surface area contributed by atoms with E-state index in [-0.39, 0.29) is 17.0 Å². The summed E-state index contributed by atoms with van der Waals surface area (Å²) in [6.45, 7) is 0. The molecular weight excluding hydrogens is 250 g/mol. The van der Waals surface area contributed by atoms with Crippen molar-refractivity contribution in [1.29, 1.82) is 0 Å². The minimum atomic E-state index is 0. The van der Waals surface area contributed by atoms with Gasteiger partial charge in [0.1, 0.15) is 0 Å². The van der Waals surface area contributed by atoms with Gasteiger partial charge in [-0.1, -0.05) is 38.5 Å². The van der Waals surface area contributed by atoms with E-state index in [1.807, 2.05) is 0 Å². The topological polar surface area (TPSA) is 26.0 Å². The zero-order chi connectivity index (χ0) is 9.80. The van der Waals surface area contributed by atoms with Crippen LogP contribution in [0.1, 0.15) is 64.2 Å². The van der Waals surface area contributed by atoms with Crippen molar-refractivity contribution in [2.45, 2.75) is 70.3 Å². The zero-order valence-electron chi connectivity index (χ0n) is 9.79. The van der Waals surface area contributed by atoms with Crippen LogP contribution in [0.3, 0.4) is 0 Å². The first-order valence-corrected chi connectivity index (χ1v) is 6.63. The molecular formula is C13H26BrN.